The molecule has 0 saturated carbocycles. The molecule has 0 N–H and O–H groups in total. The molecule has 446 valence electrons. The van der Waals surface area contributed by atoms with Crippen molar-refractivity contribution in [2.24, 2.45) is 0 Å². The van der Waals surface area contributed by atoms with Gasteiger partial charge in [-0.05, 0) is 103 Å². The van der Waals surface area contributed by atoms with E-state index in [2.05, 4.69) is 130 Å². The number of unbranched alkanes of at least 4 members (excludes halogenated alkanes) is 30. The van der Waals surface area contributed by atoms with Crippen LogP contribution in [0.2, 0.25) is 0 Å². The molecule has 78 heavy (non-hydrogen) atoms. The summed E-state index contributed by atoms with van der Waals surface area (Å²) in [6.45, 7) is 6.43. The van der Waals surface area contributed by atoms with Gasteiger partial charge in [0.05, 0.1) is 0 Å². The number of carbonyl (C=O) groups is 3. The van der Waals surface area contributed by atoms with Crippen LogP contribution in [0, 0.1) is 0 Å². The lowest BCUT2D eigenvalue weighted by molar-refractivity contribution is -0.167. The van der Waals surface area contributed by atoms with Gasteiger partial charge in [-0.15, -0.1) is 0 Å². The molecule has 6 nitrogen and oxygen atoms in total. The van der Waals surface area contributed by atoms with Crippen molar-refractivity contribution in [2.75, 3.05) is 13.2 Å². The molecule has 0 rings (SSSR count). The number of carbonyl (C=O) groups excluding carboxylic acids is 3. The first kappa shape index (κ1) is 74.1. The predicted octanol–water partition coefficient (Wildman–Crippen LogP) is 22.6. The first-order chi connectivity index (χ1) is 38.5. The highest BCUT2D eigenvalue weighted by molar-refractivity contribution is 5.71. The number of hydrogen-bond donors (Lipinski definition) is 0. The van der Waals surface area contributed by atoms with Gasteiger partial charge >= 0.3 is 17.9 Å². The average molecular weight is 1080 g/mol. The number of rotatable bonds is 59. The second kappa shape index (κ2) is 65.6. The molecule has 0 aromatic heterocycles. The summed E-state index contributed by atoms with van der Waals surface area (Å²) in [7, 11) is 0. The van der Waals surface area contributed by atoms with Crippen molar-refractivity contribution in [3.05, 3.63) is 109 Å². The minimum atomic E-state index is -0.793. The molecule has 0 heterocycles. The number of allylic oxidation sites excluding steroid dienone is 18. The van der Waals surface area contributed by atoms with E-state index in [0.29, 0.717) is 19.3 Å². The predicted molar refractivity (Wildman–Crippen MR) is 339 cm³/mol. The topological polar surface area (TPSA) is 78.9 Å². The number of hydrogen-bond acceptors (Lipinski definition) is 6. The van der Waals surface area contributed by atoms with Crippen LogP contribution in [0.4, 0.5) is 0 Å². The maximum Gasteiger partial charge on any atom is 0.306 e. The van der Waals surface area contributed by atoms with Gasteiger partial charge in [0, 0.05) is 19.3 Å². The summed E-state index contributed by atoms with van der Waals surface area (Å²) in [5, 5.41) is 0. The van der Waals surface area contributed by atoms with Crippen molar-refractivity contribution in [3.63, 3.8) is 0 Å². The third-order valence-electron chi connectivity index (χ3n) is 14.0. The van der Waals surface area contributed by atoms with Crippen molar-refractivity contribution >= 4 is 17.9 Å². The summed E-state index contributed by atoms with van der Waals surface area (Å²) < 4.78 is 17.0. The summed E-state index contributed by atoms with van der Waals surface area (Å²) in [6, 6.07) is 0. The molecule has 0 fully saturated rings. The minimum absolute atomic E-state index is 0.0861. The largest absolute Gasteiger partial charge is 0.462 e. The smallest absolute Gasteiger partial charge is 0.306 e. The lowest BCUT2D eigenvalue weighted by Gasteiger charge is -2.18. The fraction of sp³-hybridized carbons (Fsp3) is 0.708. The fourth-order valence-electron chi connectivity index (χ4n) is 9.17. The fourth-order valence-corrected chi connectivity index (χ4v) is 9.17. The molecule has 0 saturated heterocycles. The molecule has 1 unspecified atom stereocenters. The molecular weight excluding hydrogens is 961 g/mol. The minimum Gasteiger partial charge on any atom is -0.462 e. The second-order valence-corrected chi connectivity index (χ2v) is 21.6. The van der Waals surface area contributed by atoms with Crippen LogP contribution in [0.25, 0.3) is 0 Å². The standard InChI is InChI=1S/C72H122O6/c1-4-7-10-13-16-19-22-25-28-31-34-35-36-37-39-41-44-47-50-53-56-59-62-65-71(74)77-68-69(67-76-70(73)64-61-58-55-52-49-46-43-40-33-30-27-24-21-18-15-12-9-6-3)78-72(75)66-63-60-57-54-51-48-45-42-38-32-29-26-23-20-17-14-11-8-5-2/h7-8,10-11,16-17,19-20,25-26,28-29,34-35,37-39,42,69H,4-6,9,12-15,18,21-24,27,30-33,36,40-41,43-68H2,1-3H3/b10-7-,11-8-,19-16-,20-17-,28-25-,29-26-,35-34-,39-37-,42-38-. The van der Waals surface area contributed by atoms with Crippen molar-refractivity contribution in [2.45, 2.75) is 316 Å². The van der Waals surface area contributed by atoms with Gasteiger partial charge in [0.15, 0.2) is 6.10 Å². The van der Waals surface area contributed by atoms with E-state index in [1.165, 1.54) is 135 Å². The summed E-state index contributed by atoms with van der Waals surface area (Å²) in [5.41, 5.74) is 0. The molecule has 0 aromatic carbocycles. The molecule has 0 spiro atoms. The van der Waals surface area contributed by atoms with E-state index in [9.17, 15) is 14.4 Å². The zero-order valence-electron chi connectivity index (χ0n) is 51.2. The molecule has 0 radical (unpaired) electrons. The summed E-state index contributed by atoms with van der Waals surface area (Å²) in [4.78, 5) is 38.4. The summed E-state index contributed by atoms with van der Waals surface area (Å²) in [6.07, 6.45) is 89.4. The van der Waals surface area contributed by atoms with E-state index >= 15 is 0 Å². The van der Waals surface area contributed by atoms with Crippen LogP contribution in [-0.4, -0.2) is 37.2 Å². The maximum atomic E-state index is 12.9. The lowest BCUT2D eigenvalue weighted by Crippen LogP contribution is -2.30. The van der Waals surface area contributed by atoms with Crippen LogP contribution in [-0.2, 0) is 28.6 Å². The van der Waals surface area contributed by atoms with Gasteiger partial charge in [0.1, 0.15) is 13.2 Å². The van der Waals surface area contributed by atoms with Gasteiger partial charge in [0.25, 0.3) is 0 Å². The molecule has 6 heteroatoms. The Labute approximate surface area is 482 Å². The van der Waals surface area contributed by atoms with E-state index in [-0.39, 0.29) is 31.1 Å². The van der Waals surface area contributed by atoms with Crippen molar-refractivity contribution in [1.82, 2.24) is 0 Å². The molecule has 0 aromatic rings. The first-order valence-electron chi connectivity index (χ1n) is 32.9. The first-order valence-corrected chi connectivity index (χ1v) is 32.9. The van der Waals surface area contributed by atoms with Crippen LogP contribution in [0.3, 0.4) is 0 Å². The van der Waals surface area contributed by atoms with Crippen LogP contribution in [0.15, 0.2) is 109 Å². The monoisotopic (exact) mass is 1080 g/mol. The van der Waals surface area contributed by atoms with E-state index in [0.717, 1.165) is 135 Å². The molecule has 0 aliphatic carbocycles. The highest BCUT2D eigenvalue weighted by atomic mass is 16.6. The normalized spacial score (nSPS) is 12.8. The van der Waals surface area contributed by atoms with E-state index < -0.39 is 6.10 Å². The van der Waals surface area contributed by atoms with Gasteiger partial charge in [-0.25, -0.2) is 0 Å². The van der Waals surface area contributed by atoms with Gasteiger partial charge in [-0.2, -0.15) is 0 Å². The second-order valence-electron chi connectivity index (χ2n) is 21.6. The third-order valence-corrected chi connectivity index (χ3v) is 14.0. The van der Waals surface area contributed by atoms with Gasteiger partial charge in [-0.1, -0.05) is 297 Å². The number of ether oxygens (including phenoxy) is 3. The van der Waals surface area contributed by atoms with Crippen molar-refractivity contribution < 1.29 is 28.6 Å². The van der Waals surface area contributed by atoms with E-state index in [4.69, 9.17) is 14.2 Å². The molecule has 0 aliphatic heterocycles. The van der Waals surface area contributed by atoms with Crippen molar-refractivity contribution in [3.8, 4) is 0 Å². The molecule has 0 bridgehead atoms. The Bertz CT molecular complexity index is 1570. The molecule has 1 atom stereocenters. The van der Waals surface area contributed by atoms with Gasteiger partial charge < -0.3 is 14.2 Å². The average Bonchev–Trinajstić information content (AvgIpc) is 3.44. The Balaban J connectivity index is 4.42. The van der Waals surface area contributed by atoms with Gasteiger partial charge in [0.2, 0.25) is 0 Å². The summed E-state index contributed by atoms with van der Waals surface area (Å²) in [5.74, 6) is -0.900. The van der Waals surface area contributed by atoms with Crippen LogP contribution in [0.5, 0.6) is 0 Å². The lowest BCUT2D eigenvalue weighted by atomic mass is 10.0. The van der Waals surface area contributed by atoms with Gasteiger partial charge in [-0.3, -0.25) is 14.4 Å². The van der Waals surface area contributed by atoms with Crippen LogP contribution >= 0.6 is 0 Å². The Morgan fingerprint density at radius 3 is 0.782 bits per heavy atom. The summed E-state index contributed by atoms with van der Waals surface area (Å²) >= 11 is 0. The Kier molecular flexibility index (Phi) is 62.3. The maximum absolute atomic E-state index is 12.9. The zero-order chi connectivity index (χ0) is 56.4. The zero-order valence-corrected chi connectivity index (χ0v) is 51.2. The Morgan fingerprint density at radius 1 is 0.269 bits per heavy atom. The highest BCUT2D eigenvalue weighted by Crippen LogP contribution is 2.17. The quantitative estimate of drug-likeness (QED) is 0.0261. The van der Waals surface area contributed by atoms with Crippen LogP contribution < -0.4 is 0 Å². The number of esters is 3. The SMILES string of the molecule is CC/C=C\C/C=C\C/C=C\C/C=C\C/C=C\CCCCCCCCCC(=O)OCC(COC(=O)CCCCCCCCCCCCCCCCCCCC)OC(=O)CCCCCCCC/C=C\C/C=C\C/C=C\C/C=C\CC. The van der Waals surface area contributed by atoms with Crippen LogP contribution in [0.1, 0.15) is 310 Å². The van der Waals surface area contributed by atoms with Crippen molar-refractivity contribution in [1.29, 1.82) is 0 Å². The third kappa shape index (κ3) is 62.9. The van der Waals surface area contributed by atoms with E-state index in [1.807, 2.05) is 0 Å². The Hall–Kier alpha value is -3.93. The molecule has 0 aliphatic rings. The molecule has 0 amide bonds. The molecular formula is C72H122O6. The van der Waals surface area contributed by atoms with E-state index in [1.54, 1.807) is 0 Å². The highest BCUT2D eigenvalue weighted by Gasteiger charge is 2.19. The Morgan fingerprint density at radius 2 is 0.500 bits per heavy atom.